The van der Waals surface area contributed by atoms with Crippen molar-refractivity contribution in [3.63, 3.8) is 0 Å². The highest BCUT2D eigenvalue weighted by atomic mass is 19.1. The number of hydrogen-bond acceptors (Lipinski definition) is 2. The molecule has 1 heterocycles. The van der Waals surface area contributed by atoms with Crippen molar-refractivity contribution < 1.29 is 14.0 Å². The Labute approximate surface area is 139 Å². The number of rotatable bonds is 3. The van der Waals surface area contributed by atoms with Crippen LogP contribution < -0.4 is 15.5 Å². The predicted octanol–water partition coefficient (Wildman–Crippen LogP) is 3.99. The van der Waals surface area contributed by atoms with E-state index in [0.717, 1.165) is 6.42 Å². The normalized spacial score (nSPS) is 16.3. The second-order valence-electron chi connectivity index (χ2n) is 5.62. The van der Waals surface area contributed by atoms with Crippen molar-refractivity contribution in [3.05, 3.63) is 54.3 Å². The maximum atomic E-state index is 13.3. The molecule has 124 valence electrons. The molecule has 0 radical (unpaired) electrons. The number of carbonyl (C=O) groups is 2. The van der Waals surface area contributed by atoms with Gasteiger partial charge in [0.05, 0.1) is 11.4 Å². The summed E-state index contributed by atoms with van der Waals surface area (Å²) in [5, 5.41) is 5.50. The Morgan fingerprint density at radius 2 is 2.04 bits per heavy atom. The van der Waals surface area contributed by atoms with Crippen LogP contribution >= 0.6 is 0 Å². The smallest absolute Gasteiger partial charge is 0.322 e. The van der Waals surface area contributed by atoms with Crippen molar-refractivity contribution in [2.24, 2.45) is 0 Å². The van der Waals surface area contributed by atoms with Gasteiger partial charge in [0.15, 0.2) is 0 Å². The molecule has 1 aliphatic rings. The third kappa shape index (κ3) is 3.08. The van der Waals surface area contributed by atoms with Crippen LogP contribution in [0, 0.1) is 5.82 Å². The Morgan fingerprint density at radius 3 is 2.79 bits per heavy atom. The largest absolute Gasteiger partial charge is 0.327 e. The van der Waals surface area contributed by atoms with E-state index >= 15 is 0 Å². The summed E-state index contributed by atoms with van der Waals surface area (Å²) in [6, 6.07) is 11.7. The van der Waals surface area contributed by atoms with Crippen molar-refractivity contribution in [1.29, 1.82) is 0 Å². The van der Waals surface area contributed by atoms with Gasteiger partial charge in [0.1, 0.15) is 11.9 Å². The van der Waals surface area contributed by atoms with E-state index in [2.05, 4.69) is 10.6 Å². The third-order valence-corrected chi connectivity index (χ3v) is 3.89. The first kappa shape index (κ1) is 16.0. The molecule has 6 heteroatoms. The van der Waals surface area contributed by atoms with Gasteiger partial charge < -0.3 is 10.6 Å². The van der Waals surface area contributed by atoms with Crippen LogP contribution in [0.15, 0.2) is 48.5 Å². The highest BCUT2D eigenvalue weighted by molar-refractivity contribution is 6.14. The molecule has 1 aliphatic heterocycles. The standard InChI is InChI=1S/C18H18FN3O2/c1-2-6-16-17(23)21-14-9-3-4-10-15(14)22(16)18(24)20-13-8-5-7-12(19)11-13/h3-5,7-11,16H,2,6H2,1H3,(H,20,24)(H,21,23)/t16-/m0/s1. The lowest BCUT2D eigenvalue weighted by Gasteiger charge is -2.36. The predicted molar refractivity (Wildman–Crippen MR) is 91.7 cm³/mol. The van der Waals surface area contributed by atoms with Gasteiger partial charge in [0.25, 0.3) is 0 Å². The second kappa shape index (κ2) is 6.70. The first-order valence-corrected chi connectivity index (χ1v) is 7.86. The van der Waals surface area contributed by atoms with Gasteiger partial charge in [-0.2, -0.15) is 0 Å². The van der Waals surface area contributed by atoms with Gasteiger partial charge in [-0.3, -0.25) is 9.69 Å². The molecule has 0 spiro atoms. The van der Waals surface area contributed by atoms with Crippen LogP contribution in [0.4, 0.5) is 26.2 Å². The zero-order valence-corrected chi connectivity index (χ0v) is 13.3. The van der Waals surface area contributed by atoms with E-state index in [4.69, 9.17) is 0 Å². The minimum Gasteiger partial charge on any atom is -0.322 e. The van der Waals surface area contributed by atoms with Gasteiger partial charge >= 0.3 is 6.03 Å². The monoisotopic (exact) mass is 327 g/mol. The number of para-hydroxylation sites is 2. The number of benzene rings is 2. The first-order valence-electron chi connectivity index (χ1n) is 7.86. The molecule has 0 aliphatic carbocycles. The third-order valence-electron chi connectivity index (χ3n) is 3.89. The van der Waals surface area contributed by atoms with E-state index < -0.39 is 17.9 Å². The fourth-order valence-electron chi connectivity index (χ4n) is 2.83. The maximum absolute atomic E-state index is 13.3. The molecular weight excluding hydrogens is 309 g/mol. The lowest BCUT2D eigenvalue weighted by Crippen LogP contribution is -2.52. The summed E-state index contributed by atoms with van der Waals surface area (Å²) >= 11 is 0. The number of nitrogens with zero attached hydrogens (tertiary/aromatic N) is 1. The number of hydrogen-bond donors (Lipinski definition) is 2. The molecule has 0 unspecified atom stereocenters. The second-order valence-corrected chi connectivity index (χ2v) is 5.62. The minimum absolute atomic E-state index is 0.218. The highest BCUT2D eigenvalue weighted by Gasteiger charge is 2.36. The van der Waals surface area contributed by atoms with Gasteiger partial charge in [-0.05, 0) is 36.8 Å². The fraction of sp³-hybridized carbons (Fsp3) is 0.222. The molecule has 0 saturated carbocycles. The van der Waals surface area contributed by atoms with Gasteiger partial charge in [-0.25, -0.2) is 9.18 Å². The summed E-state index contributed by atoms with van der Waals surface area (Å²) in [7, 11) is 0. The molecule has 3 amide bonds. The van der Waals surface area contributed by atoms with Crippen LogP contribution in [0.3, 0.4) is 0 Å². The zero-order chi connectivity index (χ0) is 17.1. The summed E-state index contributed by atoms with van der Waals surface area (Å²) in [5.74, 6) is -0.653. The molecule has 3 rings (SSSR count). The molecule has 2 N–H and O–H groups in total. The Hall–Kier alpha value is -2.89. The first-order chi connectivity index (χ1) is 11.6. The Morgan fingerprint density at radius 1 is 1.25 bits per heavy atom. The quantitative estimate of drug-likeness (QED) is 0.895. The van der Waals surface area contributed by atoms with Crippen molar-refractivity contribution in [1.82, 2.24) is 0 Å². The molecule has 0 saturated heterocycles. The summed E-state index contributed by atoms with van der Waals surface area (Å²) in [6.45, 7) is 1.95. The number of amides is 3. The lowest BCUT2D eigenvalue weighted by atomic mass is 10.0. The molecule has 5 nitrogen and oxygen atoms in total. The summed E-state index contributed by atoms with van der Waals surface area (Å²) in [4.78, 5) is 26.6. The Bertz CT molecular complexity index is 778. The van der Waals surface area contributed by atoms with E-state index in [0.29, 0.717) is 23.5 Å². The van der Waals surface area contributed by atoms with E-state index in [-0.39, 0.29) is 5.91 Å². The highest BCUT2D eigenvalue weighted by Crippen LogP contribution is 2.33. The van der Waals surface area contributed by atoms with Crippen LogP contribution in [0.25, 0.3) is 0 Å². The summed E-state index contributed by atoms with van der Waals surface area (Å²) in [5.41, 5.74) is 1.56. The lowest BCUT2D eigenvalue weighted by molar-refractivity contribution is -0.117. The van der Waals surface area contributed by atoms with Crippen molar-refractivity contribution in [2.75, 3.05) is 15.5 Å². The maximum Gasteiger partial charge on any atom is 0.327 e. The van der Waals surface area contributed by atoms with Crippen molar-refractivity contribution in [2.45, 2.75) is 25.8 Å². The SMILES string of the molecule is CCC[C@H]1C(=O)Nc2ccccc2N1C(=O)Nc1cccc(F)c1. The molecular formula is C18H18FN3O2. The number of nitrogens with one attached hydrogen (secondary N) is 2. The number of halogens is 1. The van der Waals surface area contributed by atoms with E-state index in [1.54, 1.807) is 24.3 Å². The molecule has 24 heavy (non-hydrogen) atoms. The van der Waals surface area contributed by atoms with Gasteiger partial charge in [-0.15, -0.1) is 0 Å². The van der Waals surface area contributed by atoms with Crippen molar-refractivity contribution in [3.8, 4) is 0 Å². The van der Waals surface area contributed by atoms with Gasteiger partial charge in [0.2, 0.25) is 5.91 Å². The van der Waals surface area contributed by atoms with Crippen LogP contribution in [0.2, 0.25) is 0 Å². The van der Waals surface area contributed by atoms with E-state index in [1.165, 1.54) is 23.1 Å². The van der Waals surface area contributed by atoms with Crippen LogP contribution in [-0.4, -0.2) is 18.0 Å². The summed E-state index contributed by atoms with van der Waals surface area (Å²) < 4.78 is 13.3. The van der Waals surface area contributed by atoms with E-state index in [9.17, 15) is 14.0 Å². The molecule has 2 aromatic carbocycles. The van der Waals surface area contributed by atoms with Crippen LogP contribution in [0.5, 0.6) is 0 Å². The zero-order valence-electron chi connectivity index (χ0n) is 13.3. The van der Waals surface area contributed by atoms with Crippen LogP contribution in [0.1, 0.15) is 19.8 Å². The average molecular weight is 327 g/mol. The van der Waals surface area contributed by atoms with Gasteiger partial charge in [0, 0.05) is 5.69 Å². The number of urea groups is 1. The summed E-state index contributed by atoms with van der Waals surface area (Å²) in [6.07, 6.45) is 1.29. The molecule has 2 aromatic rings. The number of fused-ring (bicyclic) bond motifs is 1. The Kier molecular flexibility index (Phi) is 4.46. The van der Waals surface area contributed by atoms with Crippen LogP contribution in [-0.2, 0) is 4.79 Å². The number of carbonyl (C=O) groups excluding carboxylic acids is 2. The Balaban J connectivity index is 1.95. The molecule has 0 aromatic heterocycles. The topological polar surface area (TPSA) is 61.4 Å². The minimum atomic E-state index is -0.599. The fourth-order valence-corrected chi connectivity index (χ4v) is 2.83. The molecule has 0 bridgehead atoms. The number of anilines is 3. The van der Waals surface area contributed by atoms with E-state index in [1.807, 2.05) is 13.0 Å². The van der Waals surface area contributed by atoms with Gasteiger partial charge in [-0.1, -0.05) is 31.5 Å². The molecule has 0 fully saturated rings. The van der Waals surface area contributed by atoms with Crippen molar-refractivity contribution >= 4 is 29.0 Å². The average Bonchev–Trinajstić information content (AvgIpc) is 2.55. The molecule has 1 atom stereocenters.